The first kappa shape index (κ1) is 15.8. The van der Waals surface area contributed by atoms with Crippen molar-refractivity contribution in [1.29, 1.82) is 0 Å². The fraction of sp³-hybridized carbons (Fsp3) is 0.688. The van der Waals surface area contributed by atoms with E-state index in [1.54, 1.807) is 0 Å². The van der Waals surface area contributed by atoms with Crippen LogP contribution in [-0.2, 0) is 6.42 Å². The number of rotatable bonds is 6. The molecular formula is C16H24N2O3S. The van der Waals surface area contributed by atoms with E-state index >= 15 is 0 Å². The summed E-state index contributed by atoms with van der Waals surface area (Å²) in [5.41, 5.74) is 12.5. The quantitative estimate of drug-likeness (QED) is 0.641. The Bertz CT molecular complexity index is 582. The highest BCUT2D eigenvalue weighted by Crippen LogP contribution is 2.57. The maximum atomic E-state index is 11.6. The molecular weight excluding hydrogens is 300 g/mol. The van der Waals surface area contributed by atoms with Gasteiger partial charge in [-0.1, -0.05) is 12.8 Å². The molecule has 0 spiro atoms. The molecule has 0 saturated heterocycles. The number of nitrogens with two attached hydrogens (primary N) is 2. The minimum atomic E-state index is -0.608. The second-order valence-electron chi connectivity index (χ2n) is 6.79. The molecule has 1 fully saturated rings. The predicted molar refractivity (Wildman–Crippen MR) is 86.6 cm³/mol. The van der Waals surface area contributed by atoms with E-state index in [1.807, 2.05) is 0 Å². The van der Waals surface area contributed by atoms with E-state index in [2.05, 4.69) is 0 Å². The SMILES string of the molecule is NC(=O)c1c(N)sc2c1CCC(CCCO)(CC1CC1)C2O. The van der Waals surface area contributed by atoms with Gasteiger partial charge in [0.15, 0.2) is 0 Å². The number of aliphatic hydroxyl groups excluding tert-OH is 2. The molecule has 0 bridgehead atoms. The first-order chi connectivity index (χ1) is 10.5. The molecule has 0 radical (unpaired) electrons. The number of thiophene rings is 1. The van der Waals surface area contributed by atoms with Crippen molar-refractivity contribution in [3.05, 3.63) is 16.0 Å². The van der Waals surface area contributed by atoms with Gasteiger partial charge in [-0.25, -0.2) is 0 Å². The Morgan fingerprint density at radius 3 is 2.73 bits per heavy atom. The molecule has 0 aliphatic heterocycles. The number of carbonyl (C=O) groups is 1. The summed E-state index contributed by atoms with van der Waals surface area (Å²) in [7, 11) is 0. The van der Waals surface area contributed by atoms with Gasteiger partial charge in [0.05, 0.1) is 16.7 Å². The number of amides is 1. The van der Waals surface area contributed by atoms with Crippen LogP contribution in [0.2, 0.25) is 0 Å². The van der Waals surface area contributed by atoms with E-state index in [0.29, 0.717) is 22.9 Å². The number of aliphatic hydroxyl groups is 2. The molecule has 1 aromatic heterocycles. The van der Waals surface area contributed by atoms with Crippen molar-refractivity contribution in [3.8, 4) is 0 Å². The largest absolute Gasteiger partial charge is 0.396 e. The lowest BCUT2D eigenvalue weighted by Crippen LogP contribution is -2.34. The van der Waals surface area contributed by atoms with Gasteiger partial charge in [-0.05, 0) is 43.6 Å². The zero-order chi connectivity index (χ0) is 15.9. The van der Waals surface area contributed by atoms with Crippen molar-refractivity contribution in [3.63, 3.8) is 0 Å². The molecule has 2 atom stereocenters. The van der Waals surface area contributed by atoms with Crippen LogP contribution in [-0.4, -0.2) is 22.7 Å². The molecule has 22 heavy (non-hydrogen) atoms. The topological polar surface area (TPSA) is 110 Å². The van der Waals surface area contributed by atoms with E-state index in [0.717, 1.165) is 36.1 Å². The summed E-state index contributed by atoms with van der Waals surface area (Å²) in [5.74, 6) is 0.190. The molecule has 1 saturated carbocycles. The summed E-state index contributed by atoms with van der Waals surface area (Å²) < 4.78 is 0. The molecule has 1 heterocycles. The summed E-state index contributed by atoms with van der Waals surface area (Å²) in [4.78, 5) is 12.4. The Morgan fingerprint density at radius 2 is 2.14 bits per heavy atom. The first-order valence-corrected chi connectivity index (χ1v) is 8.80. The Kier molecular flexibility index (Phi) is 4.18. The van der Waals surface area contributed by atoms with Crippen molar-refractivity contribution in [1.82, 2.24) is 0 Å². The Hall–Kier alpha value is -1.11. The van der Waals surface area contributed by atoms with E-state index in [9.17, 15) is 15.0 Å². The van der Waals surface area contributed by atoms with Gasteiger partial charge >= 0.3 is 0 Å². The van der Waals surface area contributed by atoms with Gasteiger partial charge in [-0.15, -0.1) is 11.3 Å². The number of fused-ring (bicyclic) bond motifs is 1. The van der Waals surface area contributed by atoms with E-state index < -0.39 is 12.0 Å². The molecule has 0 aromatic carbocycles. The minimum absolute atomic E-state index is 0.144. The highest BCUT2D eigenvalue weighted by Gasteiger charge is 2.47. The van der Waals surface area contributed by atoms with Crippen LogP contribution in [0.1, 0.15) is 65.4 Å². The molecule has 2 unspecified atom stereocenters. The summed E-state index contributed by atoms with van der Waals surface area (Å²) in [5, 5.41) is 20.6. The number of hydrogen-bond donors (Lipinski definition) is 4. The summed E-state index contributed by atoms with van der Waals surface area (Å²) in [6.07, 6.45) is 5.93. The lowest BCUT2D eigenvalue weighted by Gasteiger charge is -2.42. The summed E-state index contributed by atoms with van der Waals surface area (Å²) in [6.45, 7) is 0.144. The van der Waals surface area contributed by atoms with Crippen molar-refractivity contribution < 1.29 is 15.0 Å². The van der Waals surface area contributed by atoms with Crippen LogP contribution in [0.25, 0.3) is 0 Å². The molecule has 6 heteroatoms. The van der Waals surface area contributed by atoms with Gasteiger partial charge in [0.2, 0.25) is 0 Å². The van der Waals surface area contributed by atoms with Gasteiger partial charge < -0.3 is 21.7 Å². The van der Waals surface area contributed by atoms with Crippen LogP contribution < -0.4 is 11.5 Å². The third kappa shape index (κ3) is 2.64. The van der Waals surface area contributed by atoms with Gasteiger partial charge in [0.1, 0.15) is 0 Å². The summed E-state index contributed by atoms with van der Waals surface area (Å²) >= 11 is 1.30. The lowest BCUT2D eigenvalue weighted by atomic mass is 9.66. The molecule has 2 aliphatic carbocycles. The average Bonchev–Trinajstić information content (AvgIpc) is 3.21. The minimum Gasteiger partial charge on any atom is -0.396 e. The average molecular weight is 324 g/mol. The van der Waals surface area contributed by atoms with Crippen LogP contribution >= 0.6 is 11.3 Å². The maximum Gasteiger partial charge on any atom is 0.251 e. The molecule has 2 aliphatic rings. The van der Waals surface area contributed by atoms with Crippen molar-refractivity contribution in [2.45, 2.75) is 51.0 Å². The summed E-state index contributed by atoms with van der Waals surface area (Å²) in [6, 6.07) is 0. The third-order valence-corrected chi connectivity index (χ3v) is 6.35. The predicted octanol–water partition coefficient (Wildman–Crippen LogP) is 1.97. The Labute approximate surface area is 134 Å². The molecule has 1 amide bonds. The monoisotopic (exact) mass is 324 g/mol. The van der Waals surface area contributed by atoms with E-state index in [-0.39, 0.29) is 12.0 Å². The van der Waals surface area contributed by atoms with Gasteiger partial charge in [0.25, 0.3) is 5.91 Å². The Morgan fingerprint density at radius 1 is 1.41 bits per heavy atom. The van der Waals surface area contributed by atoms with Gasteiger partial charge in [0, 0.05) is 16.9 Å². The molecule has 122 valence electrons. The van der Waals surface area contributed by atoms with Crippen LogP contribution in [0.4, 0.5) is 5.00 Å². The van der Waals surface area contributed by atoms with E-state index in [1.165, 1.54) is 24.2 Å². The fourth-order valence-corrected chi connectivity index (χ4v) is 5.19. The lowest BCUT2D eigenvalue weighted by molar-refractivity contribution is -0.0120. The fourth-order valence-electron chi connectivity index (χ4n) is 3.94. The number of carbonyl (C=O) groups excluding carboxylic acids is 1. The first-order valence-electron chi connectivity index (χ1n) is 7.98. The van der Waals surface area contributed by atoms with Crippen LogP contribution in [0.15, 0.2) is 0 Å². The smallest absolute Gasteiger partial charge is 0.251 e. The van der Waals surface area contributed by atoms with Crippen LogP contribution in [0.5, 0.6) is 0 Å². The number of hydrogen-bond acceptors (Lipinski definition) is 5. The van der Waals surface area contributed by atoms with E-state index in [4.69, 9.17) is 11.5 Å². The second kappa shape index (κ2) is 5.83. The van der Waals surface area contributed by atoms with Crippen molar-refractivity contribution in [2.24, 2.45) is 17.1 Å². The highest BCUT2D eigenvalue weighted by atomic mass is 32.1. The number of anilines is 1. The van der Waals surface area contributed by atoms with Crippen molar-refractivity contribution in [2.75, 3.05) is 12.3 Å². The number of primary amides is 1. The normalized spacial score (nSPS) is 27.6. The second-order valence-corrected chi connectivity index (χ2v) is 7.87. The molecule has 5 nitrogen and oxygen atoms in total. The Balaban J connectivity index is 1.95. The number of nitrogen functional groups attached to an aromatic ring is 1. The molecule has 1 aromatic rings. The van der Waals surface area contributed by atoms with Gasteiger partial charge in [-0.3, -0.25) is 4.79 Å². The highest BCUT2D eigenvalue weighted by molar-refractivity contribution is 7.16. The standard InChI is InChI=1S/C16H24N2O3S/c17-14(21)11-10-4-6-16(5-1-7-19,8-9-2-3-9)13(20)12(10)22-15(11)18/h9,13,19-20H,1-8,18H2,(H2,17,21). The molecule has 3 rings (SSSR count). The maximum absolute atomic E-state index is 11.6. The molecule has 6 N–H and O–H groups in total. The third-order valence-electron chi connectivity index (χ3n) is 5.24. The zero-order valence-corrected chi connectivity index (χ0v) is 13.5. The van der Waals surface area contributed by atoms with Crippen molar-refractivity contribution >= 4 is 22.2 Å². The van der Waals surface area contributed by atoms with Crippen LogP contribution in [0, 0.1) is 11.3 Å². The van der Waals surface area contributed by atoms with Crippen LogP contribution in [0.3, 0.4) is 0 Å². The zero-order valence-electron chi connectivity index (χ0n) is 12.7. The van der Waals surface area contributed by atoms with Gasteiger partial charge in [-0.2, -0.15) is 0 Å².